The Morgan fingerprint density at radius 1 is 1.07 bits per heavy atom. The second-order valence-corrected chi connectivity index (χ2v) is 5.23. The molecule has 0 spiro atoms. The highest BCUT2D eigenvalue weighted by Crippen LogP contribution is 2.29. The van der Waals surface area contributed by atoms with Gasteiger partial charge in [-0.15, -0.1) is 0 Å². The summed E-state index contributed by atoms with van der Waals surface area (Å²) in [7, 11) is 0. The van der Waals surface area contributed by atoms with Gasteiger partial charge in [-0.05, 0) is 41.5 Å². The van der Waals surface area contributed by atoms with Crippen LogP contribution in [0.4, 0.5) is 0 Å². The molecular formula is C11H22O4. The van der Waals surface area contributed by atoms with Crippen LogP contribution in [0.25, 0.3) is 0 Å². The van der Waals surface area contributed by atoms with E-state index in [1.165, 1.54) is 27.7 Å². The van der Waals surface area contributed by atoms with E-state index < -0.39 is 23.1 Å². The van der Waals surface area contributed by atoms with Crippen LogP contribution in [0.2, 0.25) is 0 Å². The van der Waals surface area contributed by atoms with Crippen molar-refractivity contribution >= 4 is 5.97 Å². The van der Waals surface area contributed by atoms with E-state index in [0.29, 0.717) is 0 Å². The van der Waals surface area contributed by atoms with Gasteiger partial charge in [0.25, 0.3) is 0 Å². The average Bonchev–Trinajstić information content (AvgIpc) is 1.74. The van der Waals surface area contributed by atoms with Crippen LogP contribution in [-0.4, -0.2) is 33.5 Å². The first-order chi connectivity index (χ1) is 6.46. The van der Waals surface area contributed by atoms with E-state index in [4.69, 9.17) is 4.74 Å². The maximum absolute atomic E-state index is 11.7. The fourth-order valence-electron chi connectivity index (χ4n) is 1.74. The van der Waals surface area contributed by atoms with Gasteiger partial charge >= 0.3 is 5.97 Å². The minimum atomic E-state index is -1.32. The Bertz CT molecular complexity index is 206. The normalized spacial score (nSPS) is 13.5. The van der Waals surface area contributed by atoms with Crippen LogP contribution < -0.4 is 0 Å². The van der Waals surface area contributed by atoms with Crippen LogP contribution in [0, 0.1) is 5.92 Å². The number of hydrogen-bond donors (Lipinski definition) is 2. The molecular weight excluding hydrogens is 196 g/mol. The fourth-order valence-corrected chi connectivity index (χ4v) is 1.74. The van der Waals surface area contributed by atoms with E-state index in [9.17, 15) is 15.0 Å². The van der Waals surface area contributed by atoms with Gasteiger partial charge in [-0.25, -0.2) is 0 Å². The Morgan fingerprint density at radius 3 is 1.60 bits per heavy atom. The van der Waals surface area contributed by atoms with Crippen molar-refractivity contribution in [3.05, 3.63) is 0 Å². The monoisotopic (exact) mass is 218 g/mol. The van der Waals surface area contributed by atoms with Crippen LogP contribution in [0.5, 0.6) is 0 Å². The summed E-state index contributed by atoms with van der Waals surface area (Å²) in [6.45, 7) is 9.39. The third-order valence-corrected chi connectivity index (χ3v) is 2.00. The molecule has 0 unspecified atom stereocenters. The molecule has 0 amide bonds. The molecule has 0 saturated carbocycles. The van der Waals surface area contributed by atoms with Gasteiger partial charge in [0, 0.05) is 0 Å². The molecule has 90 valence electrons. The molecule has 0 rings (SSSR count). The smallest absolute Gasteiger partial charge is 0.315 e. The summed E-state index contributed by atoms with van der Waals surface area (Å²) in [6, 6.07) is 0. The predicted octanol–water partition coefficient (Wildman–Crippen LogP) is 1.10. The van der Waals surface area contributed by atoms with Crippen LogP contribution in [0.15, 0.2) is 0 Å². The molecule has 0 aliphatic carbocycles. The number of ether oxygens (including phenoxy) is 1. The minimum Gasteiger partial charge on any atom is -0.463 e. The van der Waals surface area contributed by atoms with Gasteiger partial charge in [-0.1, -0.05) is 0 Å². The van der Waals surface area contributed by atoms with Gasteiger partial charge < -0.3 is 14.9 Å². The number of carbonyl (C=O) groups is 1. The second kappa shape index (κ2) is 4.49. The predicted molar refractivity (Wildman–Crippen MR) is 57.3 cm³/mol. The molecule has 0 heterocycles. The highest BCUT2D eigenvalue weighted by Gasteiger charge is 2.45. The van der Waals surface area contributed by atoms with Gasteiger partial charge in [0.1, 0.15) is 5.92 Å². The molecule has 0 aliphatic heterocycles. The first-order valence-corrected chi connectivity index (χ1v) is 5.11. The van der Waals surface area contributed by atoms with E-state index in [2.05, 4.69) is 0 Å². The number of rotatable bonds is 4. The molecule has 0 aliphatic rings. The van der Waals surface area contributed by atoms with E-state index >= 15 is 0 Å². The molecule has 0 aromatic carbocycles. The van der Waals surface area contributed by atoms with Crippen molar-refractivity contribution in [1.29, 1.82) is 0 Å². The van der Waals surface area contributed by atoms with Gasteiger partial charge in [-0.3, -0.25) is 4.79 Å². The summed E-state index contributed by atoms with van der Waals surface area (Å²) in [6.07, 6.45) is -0.260. The van der Waals surface area contributed by atoms with E-state index in [0.717, 1.165) is 0 Å². The Labute approximate surface area is 91.3 Å². The molecule has 0 fully saturated rings. The maximum atomic E-state index is 11.7. The second-order valence-electron chi connectivity index (χ2n) is 5.23. The van der Waals surface area contributed by atoms with Crippen molar-refractivity contribution in [1.82, 2.24) is 0 Å². The Hall–Kier alpha value is -0.610. The summed E-state index contributed by atoms with van der Waals surface area (Å²) in [5, 5.41) is 19.7. The molecule has 15 heavy (non-hydrogen) atoms. The van der Waals surface area contributed by atoms with Crippen LogP contribution in [0.1, 0.15) is 41.5 Å². The highest BCUT2D eigenvalue weighted by atomic mass is 16.5. The zero-order valence-electron chi connectivity index (χ0n) is 10.4. The van der Waals surface area contributed by atoms with E-state index in [1.54, 1.807) is 13.8 Å². The fraction of sp³-hybridized carbons (Fsp3) is 0.909. The Balaban J connectivity index is 4.90. The summed E-state index contributed by atoms with van der Waals surface area (Å²) < 4.78 is 5.01. The topological polar surface area (TPSA) is 66.8 Å². The van der Waals surface area contributed by atoms with E-state index in [-0.39, 0.29) is 6.10 Å². The highest BCUT2D eigenvalue weighted by molar-refractivity contribution is 5.75. The number of carbonyl (C=O) groups excluding carboxylic acids is 1. The quantitative estimate of drug-likeness (QED) is 0.693. The maximum Gasteiger partial charge on any atom is 0.315 e. The Kier molecular flexibility index (Phi) is 4.31. The molecule has 0 atom stereocenters. The van der Waals surface area contributed by atoms with Gasteiger partial charge in [-0.2, -0.15) is 0 Å². The molecule has 0 bridgehead atoms. The third kappa shape index (κ3) is 4.62. The molecule has 4 nitrogen and oxygen atoms in total. The third-order valence-electron chi connectivity index (χ3n) is 2.00. The van der Waals surface area contributed by atoms with Gasteiger partial charge in [0.15, 0.2) is 0 Å². The summed E-state index contributed by atoms with van der Waals surface area (Å²) >= 11 is 0. The number of aliphatic hydroxyl groups is 2. The van der Waals surface area contributed by atoms with Crippen LogP contribution >= 0.6 is 0 Å². The number of hydrogen-bond acceptors (Lipinski definition) is 4. The lowest BCUT2D eigenvalue weighted by Crippen LogP contribution is -2.51. The zero-order valence-corrected chi connectivity index (χ0v) is 10.4. The summed E-state index contributed by atoms with van der Waals surface area (Å²) in [4.78, 5) is 11.7. The number of esters is 1. The largest absolute Gasteiger partial charge is 0.463 e. The van der Waals surface area contributed by atoms with Crippen molar-refractivity contribution < 1.29 is 19.7 Å². The van der Waals surface area contributed by atoms with Gasteiger partial charge in [0.2, 0.25) is 0 Å². The zero-order chi connectivity index (χ0) is 12.4. The summed E-state index contributed by atoms with van der Waals surface area (Å²) in [5.41, 5.74) is -2.63. The average molecular weight is 218 g/mol. The first-order valence-electron chi connectivity index (χ1n) is 5.11. The van der Waals surface area contributed by atoms with Crippen molar-refractivity contribution in [2.45, 2.75) is 58.8 Å². The van der Waals surface area contributed by atoms with Crippen molar-refractivity contribution in [3.63, 3.8) is 0 Å². The molecule has 0 radical (unpaired) electrons. The first kappa shape index (κ1) is 14.4. The standard InChI is InChI=1S/C11H22O4/c1-7(2)15-9(12)8(10(3,4)13)11(5,6)14/h7-8,13-14H,1-6H3. The lowest BCUT2D eigenvalue weighted by atomic mass is 9.79. The SMILES string of the molecule is CC(C)OC(=O)C(C(C)(C)O)C(C)(C)O. The van der Waals surface area contributed by atoms with Crippen molar-refractivity contribution in [2.24, 2.45) is 5.92 Å². The minimum absolute atomic E-state index is 0.260. The Morgan fingerprint density at radius 2 is 1.40 bits per heavy atom. The van der Waals surface area contributed by atoms with E-state index in [1.807, 2.05) is 0 Å². The van der Waals surface area contributed by atoms with Crippen LogP contribution in [-0.2, 0) is 9.53 Å². The molecule has 4 heteroatoms. The molecule has 2 N–H and O–H groups in total. The van der Waals surface area contributed by atoms with Crippen molar-refractivity contribution in [2.75, 3.05) is 0 Å². The molecule has 0 saturated heterocycles. The lowest BCUT2D eigenvalue weighted by molar-refractivity contribution is -0.176. The lowest BCUT2D eigenvalue weighted by Gasteiger charge is -2.36. The molecule has 0 aromatic heterocycles. The molecule has 0 aromatic rings. The van der Waals surface area contributed by atoms with Crippen LogP contribution in [0.3, 0.4) is 0 Å². The van der Waals surface area contributed by atoms with Gasteiger partial charge in [0.05, 0.1) is 17.3 Å². The van der Waals surface area contributed by atoms with Crippen molar-refractivity contribution in [3.8, 4) is 0 Å². The summed E-state index contributed by atoms with van der Waals surface area (Å²) in [5.74, 6) is -1.54.